The first-order valence-electron chi connectivity index (χ1n) is 7.71. The molecule has 0 aliphatic heterocycles. The number of hydrogen-bond donors (Lipinski definition) is 0. The molecule has 2 aromatic carbocycles. The summed E-state index contributed by atoms with van der Waals surface area (Å²) >= 11 is 0. The zero-order valence-electron chi connectivity index (χ0n) is 13.0. The molecule has 1 aliphatic carbocycles. The predicted octanol–water partition coefficient (Wildman–Crippen LogP) is 4.91. The van der Waals surface area contributed by atoms with Crippen molar-refractivity contribution in [3.8, 4) is 0 Å². The minimum Gasteiger partial charge on any atom is -0.353 e. The van der Waals surface area contributed by atoms with Crippen LogP contribution in [0.15, 0.2) is 79.0 Å². The van der Waals surface area contributed by atoms with Gasteiger partial charge in [0.05, 0.1) is 5.41 Å². The topological polar surface area (TPSA) is 4.93 Å². The first kappa shape index (κ1) is 13.1. The first-order valence-corrected chi connectivity index (χ1v) is 7.71. The molecule has 0 fully saturated rings. The zero-order chi connectivity index (χ0) is 15.2. The van der Waals surface area contributed by atoms with Crippen LogP contribution in [0.4, 0.5) is 0 Å². The van der Waals surface area contributed by atoms with Crippen molar-refractivity contribution in [2.75, 3.05) is 0 Å². The summed E-state index contributed by atoms with van der Waals surface area (Å²) < 4.78 is 2.24. The molecule has 0 bridgehead atoms. The minimum absolute atomic E-state index is 0.000949. The van der Waals surface area contributed by atoms with Crippen molar-refractivity contribution in [2.45, 2.75) is 12.3 Å². The summed E-state index contributed by atoms with van der Waals surface area (Å²) in [5.74, 6) is 0. The quantitative estimate of drug-likeness (QED) is 0.644. The molecule has 0 atom stereocenters. The third-order valence-corrected chi connectivity index (χ3v) is 4.77. The van der Waals surface area contributed by atoms with Gasteiger partial charge in [-0.3, -0.25) is 0 Å². The second kappa shape index (κ2) is 4.74. The Morgan fingerprint density at radius 1 is 0.682 bits per heavy atom. The predicted molar refractivity (Wildman–Crippen MR) is 92.5 cm³/mol. The lowest BCUT2D eigenvalue weighted by Gasteiger charge is -2.16. The minimum atomic E-state index is 0.000949. The molecule has 0 amide bonds. The zero-order valence-corrected chi connectivity index (χ0v) is 13.0. The van der Waals surface area contributed by atoms with E-state index < -0.39 is 0 Å². The number of hydrogen-bond acceptors (Lipinski definition) is 0. The number of nitrogens with zero attached hydrogens (tertiary/aromatic N) is 1. The molecule has 0 spiro atoms. The van der Waals surface area contributed by atoms with E-state index in [1.54, 1.807) is 0 Å². The molecule has 0 unspecified atom stereocenters. The lowest BCUT2D eigenvalue weighted by molar-refractivity contribution is 0.752. The number of aromatic nitrogens is 1. The van der Waals surface area contributed by atoms with Gasteiger partial charge in [0.25, 0.3) is 0 Å². The Labute approximate surface area is 131 Å². The standard InChI is InChI=1S/C21H19N/c1-21(18-14-9-15-22(18)2)19(16-10-5-3-6-11-16)20(21)17-12-7-4-8-13-17/h3-15H,1-2H3. The molecule has 0 radical (unpaired) electrons. The molecule has 22 heavy (non-hydrogen) atoms. The molecular weight excluding hydrogens is 266 g/mol. The van der Waals surface area contributed by atoms with E-state index in [9.17, 15) is 0 Å². The van der Waals surface area contributed by atoms with Crippen molar-refractivity contribution in [3.63, 3.8) is 0 Å². The van der Waals surface area contributed by atoms with Gasteiger partial charge in [0.1, 0.15) is 0 Å². The van der Waals surface area contributed by atoms with Crippen molar-refractivity contribution < 1.29 is 0 Å². The molecular formula is C21H19N. The highest BCUT2D eigenvalue weighted by atomic mass is 14.9. The second-order valence-corrected chi connectivity index (χ2v) is 6.11. The van der Waals surface area contributed by atoms with Crippen LogP contribution in [-0.4, -0.2) is 4.57 Å². The Hall–Kier alpha value is -2.54. The summed E-state index contributed by atoms with van der Waals surface area (Å²) in [5.41, 5.74) is 6.89. The fraction of sp³-hybridized carbons (Fsp3) is 0.143. The van der Waals surface area contributed by atoms with Gasteiger partial charge in [-0.05, 0) is 41.3 Å². The van der Waals surface area contributed by atoms with Gasteiger partial charge in [-0.2, -0.15) is 0 Å². The first-order chi connectivity index (χ1) is 10.7. The summed E-state index contributed by atoms with van der Waals surface area (Å²) in [4.78, 5) is 0. The van der Waals surface area contributed by atoms with Crippen LogP contribution in [0.5, 0.6) is 0 Å². The van der Waals surface area contributed by atoms with Gasteiger partial charge in [-0.25, -0.2) is 0 Å². The fourth-order valence-electron chi connectivity index (χ4n) is 3.69. The van der Waals surface area contributed by atoms with E-state index in [0.717, 1.165) is 0 Å². The summed E-state index contributed by atoms with van der Waals surface area (Å²) in [6.45, 7) is 2.34. The summed E-state index contributed by atoms with van der Waals surface area (Å²) in [5, 5.41) is 0. The van der Waals surface area contributed by atoms with Gasteiger partial charge < -0.3 is 4.57 Å². The lowest BCUT2D eigenvalue weighted by atomic mass is 9.91. The maximum atomic E-state index is 2.34. The highest BCUT2D eigenvalue weighted by Crippen LogP contribution is 2.64. The highest BCUT2D eigenvalue weighted by molar-refractivity contribution is 6.18. The molecule has 1 nitrogen and oxygen atoms in total. The van der Waals surface area contributed by atoms with Crippen LogP contribution in [0.25, 0.3) is 11.1 Å². The van der Waals surface area contributed by atoms with E-state index in [0.29, 0.717) is 0 Å². The monoisotopic (exact) mass is 285 g/mol. The van der Waals surface area contributed by atoms with Crippen molar-refractivity contribution in [3.05, 3.63) is 95.8 Å². The van der Waals surface area contributed by atoms with E-state index >= 15 is 0 Å². The Morgan fingerprint density at radius 3 is 1.59 bits per heavy atom. The van der Waals surface area contributed by atoms with Crippen LogP contribution in [0.3, 0.4) is 0 Å². The van der Waals surface area contributed by atoms with Gasteiger partial charge in [0, 0.05) is 18.9 Å². The van der Waals surface area contributed by atoms with Gasteiger partial charge >= 0.3 is 0 Å². The van der Waals surface area contributed by atoms with Crippen molar-refractivity contribution in [2.24, 2.45) is 7.05 Å². The largest absolute Gasteiger partial charge is 0.353 e. The molecule has 1 heterocycles. The Bertz CT molecular complexity index is 788. The van der Waals surface area contributed by atoms with E-state index in [1.165, 1.54) is 28.0 Å². The average molecular weight is 285 g/mol. The van der Waals surface area contributed by atoms with Crippen molar-refractivity contribution >= 4 is 11.1 Å². The smallest absolute Gasteiger partial charge is 0.0593 e. The highest BCUT2D eigenvalue weighted by Gasteiger charge is 2.52. The normalized spacial score (nSPS) is 15.9. The van der Waals surface area contributed by atoms with E-state index in [2.05, 4.69) is 97.5 Å². The number of rotatable bonds is 3. The second-order valence-electron chi connectivity index (χ2n) is 6.11. The third-order valence-electron chi connectivity index (χ3n) is 4.77. The van der Waals surface area contributed by atoms with Gasteiger partial charge in [-0.1, -0.05) is 60.7 Å². The summed E-state index contributed by atoms with van der Waals surface area (Å²) in [6.07, 6.45) is 2.13. The molecule has 1 aliphatic rings. The van der Waals surface area contributed by atoms with Gasteiger partial charge in [-0.15, -0.1) is 0 Å². The Balaban J connectivity index is 1.90. The number of allylic oxidation sites excluding steroid dienone is 2. The number of aryl methyl sites for hydroxylation is 1. The molecule has 4 rings (SSSR count). The maximum absolute atomic E-state index is 2.34. The maximum Gasteiger partial charge on any atom is 0.0593 e. The average Bonchev–Trinajstić information content (AvgIpc) is 2.95. The molecule has 108 valence electrons. The molecule has 0 saturated heterocycles. The van der Waals surface area contributed by atoms with Crippen LogP contribution in [0, 0.1) is 0 Å². The fourth-order valence-corrected chi connectivity index (χ4v) is 3.69. The molecule has 0 saturated carbocycles. The molecule has 3 aromatic rings. The van der Waals surface area contributed by atoms with Crippen molar-refractivity contribution in [1.29, 1.82) is 0 Å². The van der Waals surface area contributed by atoms with Crippen LogP contribution in [0.2, 0.25) is 0 Å². The van der Waals surface area contributed by atoms with Gasteiger partial charge in [0.2, 0.25) is 0 Å². The van der Waals surface area contributed by atoms with Crippen molar-refractivity contribution in [1.82, 2.24) is 4.57 Å². The van der Waals surface area contributed by atoms with E-state index in [1.807, 2.05) is 0 Å². The van der Waals surface area contributed by atoms with Crippen LogP contribution in [-0.2, 0) is 12.5 Å². The SMILES string of the molecule is Cn1cccc1C1(C)C(c2ccccc2)=C1c1ccccc1. The summed E-state index contributed by atoms with van der Waals surface area (Å²) in [6, 6.07) is 25.9. The van der Waals surface area contributed by atoms with Gasteiger partial charge in [0.15, 0.2) is 0 Å². The molecule has 1 aromatic heterocycles. The third kappa shape index (κ3) is 1.79. The Morgan fingerprint density at radius 2 is 1.18 bits per heavy atom. The molecule has 1 heteroatoms. The number of benzene rings is 2. The molecule has 0 N–H and O–H groups in total. The van der Waals surface area contributed by atoms with Crippen LogP contribution < -0.4 is 0 Å². The van der Waals surface area contributed by atoms with Crippen LogP contribution >= 0.6 is 0 Å². The summed E-state index contributed by atoms with van der Waals surface area (Å²) in [7, 11) is 2.13. The lowest BCUT2D eigenvalue weighted by Crippen LogP contribution is -2.12. The van der Waals surface area contributed by atoms with Crippen LogP contribution in [0.1, 0.15) is 23.7 Å². The Kier molecular flexibility index (Phi) is 2.83. The van der Waals surface area contributed by atoms with E-state index in [-0.39, 0.29) is 5.41 Å². The van der Waals surface area contributed by atoms with E-state index in [4.69, 9.17) is 0 Å².